The molecule has 0 bridgehead atoms. The number of aryl methyl sites for hydroxylation is 1. The lowest BCUT2D eigenvalue weighted by Crippen LogP contribution is -2.02. The number of aromatic nitrogens is 3. The molecule has 2 aromatic carbocycles. The van der Waals surface area contributed by atoms with E-state index in [9.17, 15) is 8.78 Å². The van der Waals surface area contributed by atoms with Gasteiger partial charge in [0.1, 0.15) is 11.6 Å². The van der Waals surface area contributed by atoms with Gasteiger partial charge in [-0.05, 0) is 48.4 Å². The molecule has 2 aromatic heterocycles. The van der Waals surface area contributed by atoms with E-state index in [1.165, 1.54) is 23.9 Å². The Balaban J connectivity index is 1.76. The minimum absolute atomic E-state index is 0.266. The molecule has 8 heteroatoms. The number of halogens is 3. The zero-order valence-electron chi connectivity index (χ0n) is 14.7. The average molecular weight is 418 g/mol. The Morgan fingerprint density at radius 1 is 1.11 bits per heavy atom. The number of rotatable bonds is 5. The van der Waals surface area contributed by atoms with Crippen LogP contribution in [0.4, 0.5) is 8.78 Å². The van der Waals surface area contributed by atoms with Crippen molar-refractivity contribution >= 4 is 23.4 Å². The molecule has 4 rings (SSSR count). The first-order valence-corrected chi connectivity index (χ1v) is 9.72. The maximum absolute atomic E-state index is 14.0. The average Bonchev–Trinajstić information content (AvgIpc) is 3.32. The van der Waals surface area contributed by atoms with Crippen molar-refractivity contribution in [2.24, 2.45) is 0 Å². The molecule has 4 nitrogen and oxygen atoms in total. The van der Waals surface area contributed by atoms with E-state index in [4.69, 9.17) is 16.0 Å². The highest BCUT2D eigenvalue weighted by Gasteiger charge is 2.20. The van der Waals surface area contributed by atoms with Crippen molar-refractivity contribution in [1.82, 2.24) is 14.8 Å². The van der Waals surface area contributed by atoms with Crippen LogP contribution in [0.25, 0.3) is 17.3 Å². The zero-order chi connectivity index (χ0) is 19.7. The topological polar surface area (TPSA) is 43.9 Å². The highest BCUT2D eigenvalue weighted by Crippen LogP contribution is 2.32. The van der Waals surface area contributed by atoms with Crippen molar-refractivity contribution in [1.29, 1.82) is 0 Å². The molecule has 0 unspecified atom stereocenters. The van der Waals surface area contributed by atoms with Gasteiger partial charge in [-0.25, -0.2) is 8.78 Å². The Labute approximate surface area is 169 Å². The summed E-state index contributed by atoms with van der Waals surface area (Å²) in [6.45, 7) is 1.95. The molecule has 0 saturated heterocycles. The van der Waals surface area contributed by atoms with Crippen molar-refractivity contribution in [2.45, 2.75) is 17.8 Å². The van der Waals surface area contributed by atoms with Crippen LogP contribution in [0.2, 0.25) is 5.02 Å². The van der Waals surface area contributed by atoms with Gasteiger partial charge in [-0.1, -0.05) is 35.5 Å². The van der Waals surface area contributed by atoms with Crippen LogP contribution in [0.15, 0.2) is 64.4 Å². The molecule has 0 aliphatic heterocycles. The Morgan fingerprint density at radius 2 is 1.96 bits per heavy atom. The molecule has 0 aliphatic carbocycles. The van der Waals surface area contributed by atoms with E-state index in [0.717, 1.165) is 17.3 Å². The first-order valence-electron chi connectivity index (χ1n) is 8.35. The summed E-state index contributed by atoms with van der Waals surface area (Å²) in [5, 5.41) is 9.63. The highest BCUT2D eigenvalue weighted by atomic mass is 35.5. The van der Waals surface area contributed by atoms with Gasteiger partial charge >= 0.3 is 0 Å². The van der Waals surface area contributed by atoms with Crippen LogP contribution in [-0.2, 0) is 5.75 Å². The number of benzene rings is 2. The van der Waals surface area contributed by atoms with Crippen LogP contribution in [0, 0.1) is 18.6 Å². The van der Waals surface area contributed by atoms with E-state index in [2.05, 4.69) is 10.2 Å². The van der Waals surface area contributed by atoms with E-state index in [-0.39, 0.29) is 5.75 Å². The summed E-state index contributed by atoms with van der Waals surface area (Å²) in [5.41, 5.74) is 2.14. The predicted molar refractivity (Wildman–Crippen MR) is 105 cm³/mol. The van der Waals surface area contributed by atoms with E-state index in [1.54, 1.807) is 24.5 Å². The molecule has 4 aromatic rings. The summed E-state index contributed by atoms with van der Waals surface area (Å²) >= 11 is 7.49. The summed E-state index contributed by atoms with van der Waals surface area (Å²) in [5.74, 6) is 0.124. The summed E-state index contributed by atoms with van der Waals surface area (Å²) in [4.78, 5) is 0. The number of thioether (sulfide) groups is 1. The Hall–Kier alpha value is -2.64. The zero-order valence-corrected chi connectivity index (χ0v) is 16.3. The predicted octanol–water partition coefficient (Wildman–Crippen LogP) is 6.06. The molecule has 0 radical (unpaired) electrons. The molecule has 0 spiro atoms. The van der Waals surface area contributed by atoms with E-state index < -0.39 is 11.6 Å². The Bertz CT molecular complexity index is 1130. The standard InChI is InChI=1S/C20H14ClF2N3OS/c1-12-4-6-14(21)9-17(12)26-19(18-3-2-8-27-18)24-25-20(26)28-11-13-5-7-15(22)10-16(13)23/h2-10H,11H2,1H3. The van der Waals surface area contributed by atoms with E-state index in [1.807, 2.05) is 23.6 Å². The lowest BCUT2D eigenvalue weighted by atomic mass is 10.2. The molecule has 2 heterocycles. The van der Waals surface area contributed by atoms with E-state index in [0.29, 0.717) is 27.3 Å². The largest absolute Gasteiger partial charge is 0.461 e. The van der Waals surface area contributed by atoms with Gasteiger partial charge in [0.2, 0.25) is 5.82 Å². The molecule has 0 aliphatic rings. The molecular weight excluding hydrogens is 404 g/mol. The van der Waals surface area contributed by atoms with Crippen LogP contribution in [0.3, 0.4) is 0 Å². The third-order valence-electron chi connectivity index (χ3n) is 4.16. The maximum Gasteiger partial charge on any atom is 0.205 e. The maximum atomic E-state index is 14.0. The molecule has 0 N–H and O–H groups in total. The minimum atomic E-state index is -0.607. The Morgan fingerprint density at radius 3 is 2.71 bits per heavy atom. The van der Waals surface area contributed by atoms with E-state index >= 15 is 0 Å². The second kappa shape index (κ2) is 7.77. The van der Waals surface area contributed by atoms with Crippen molar-refractivity contribution in [2.75, 3.05) is 0 Å². The van der Waals surface area contributed by atoms with Crippen molar-refractivity contribution in [3.05, 3.63) is 82.6 Å². The third-order valence-corrected chi connectivity index (χ3v) is 5.37. The minimum Gasteiger partial charge on any atom is -0.461 e. The molecular formula is C20H14ClF2N3OS. The first kappa shape index (κ1) is 18.7. The third kappa shape index (κ3) is 3.68. The van der Waals surface area contributed by atoms with Gasteiger partial charge in [0, 0.05) is 16.8 Å². The quantitative estimate of drug-likeness (QED) is 0.370. The van der Waals surface area contributed by atoms with Gasteiger partial charge in [0.15, 0.2) is 10.9 Å². The second-order valence-electron chi connectivity index (χ2n) is 6.07. The van der Waals surface area contributed by atoms with Crippen LogP contribution < -0.4 is 0 Å². The van der Waals surface area contributed by atoms with Gasteiger partial charge in [-0.3, -0.25) is 4.57 Å². The molecule has 0 atom stereocenters. The fourth-order valence-corrected chi connectivity index (χ4v) is 3.85. The van der Waals surface area contributed by atoms with Crippen LogP contribution in [0.5, 0.6) is 0 Å². The summed E-state index contributed by atoms with van der Waals surface area (Å²) in [7, 11) is 0. The summed E-state index contributed by atoms with van der Waals surface area (Å²) in [6, 6.07) is 12.6. The summed E-state index contributed by atoms with van der Waals surface area (Å²) < 4.78 is 34.5. The number of hydrogen-bond acceptors (Lipinski definition) is 4. The SMILES string of the molecule is Cc1ccc(Cl)cc1-n1c(SCc2ccc(F)cc2F)nnc1-c1ccco1. The van der Waals surface area contributed by atoms with Gasteiger partial charge < -0.3 is 4.42 Å². The fourth-order valence-electron chi connectivity index (χ4n) is 2.75. The van der Waals surface area contributed by atoms with Gasteiger partial charge in [-0.15, -0.1) is 10.2 Å². The van der Waals surface area contributed by atoms with Crippen molar-refractivity contribution in [3.63, 3.8) is 0 Å². The second-order valence-corrected chi connectivity index (χ2v) is 7.45. The number of furan rings is 1. The highest BCUT2D eigenvalue weighted by molar-refractivity contribution is 7.98. The molecule has 142 valence electrons. The van der Waals surface area contributed by atoms with Crippen LogP contribution in [0.1, 0.15) is 11.1 Å². The van der Waals surface area contributed by atoms with Crippen molar-refractivity contribution in [3.8, 4) is 17.3 Å². The lowest BCUT2D eigenvalue weighted by Gasteiger charge is -2.12. The Kier molecular flexibility index (Phi) is 5.19. The molecule has 0 saturated carbocycles. The summed E-state index contributed by atoms with van der Waals surface area (Å²) in [6.07, 6.45) is 1.56. The number of nitrogens with zero attached hydrogens (tertiary/aromatic N) is 3. The normalized spacial score (nSPS) is 11.1. The van der Waals surface area contributed by atoms with Crippen LogP contribution >= 0.6 is 23.4 Å². The molecule has 0 amide bonds. The van der Waals surface area contributed by atoms with Gasteiger partial charge in [-0.2, -0.15) is 0 Å². The smallest absolute Gasteiger partial charge is 0.205 e. The molecule has 0 fully saturated rings. The lowest BCUT2D eigenvalue weighted by molar-refractivity contribution is 0.574. The monoisotopic (exact) mass is 417 g/mol. The van der Waals surface area contributed by atoms with Gasteiger partial charge in [0.25, 0.3) is 0 Å². The number of hydrogen-bond donors (Lipinski definition) is 0. The van der Waals surface area contributed by atoms with Crippen LogP contribution in [-0.4, -0.2) is 14.8 Å². The van der Waals surface area contributed by atoms with Gasteiger partial charge in [0.05, 0.1) is 12.0 Å². The first-order chi connectivity index (χ1) is 13.5. The van der Waals surface area contributed by atoms with Crippen molar-refractivity contribution < 1.29 is 13.2 Å². The fraction of sp³-hybridized carbons (Fsp3) is 0.100. The molecule has 28 heavy (non-hydrogen) atoms.